The zero-order valence-electron chi connectivity index (χ0n) is 16.1. The third-order valence-corrected chi connectivity index (χ3v) is 4.39. The zero-order chi connectivity index (χ0) is 19.1. The van der Waals surface area contributed by atoms with Crippen LogP contribution < -0.4 is 15.0 Å². The fourth-order valence-corrected chi connectivity index (χ4v) is 2.97. The summed E-state index contributed by atoms with van der Waals surface area (Å²) in [4.78, 5) is 11.5. The molecule has 1 N–H and O–H groups in total. The molecule has 0 atom stereocenters. The molecule has 3 rings (SSSR count). The van der Waals surface area contributed by atoms with Crippen LogP contribution in [0.25, 0.3) is 0 Å². The van der Waals surface area contributed by atoms with E-state index in [2.05, 4.69) is 46.4 Å². The average Bonchev–Trinajstić information content (AvgIpc) is 2.71. The molecule has 0 aliphatic carbocycles. The number of hydrogen-bond acceptors (Lipinski definition) is 5. The first-order valence-electron chi connectivity index (χ1n) is 9.20. The monoisotopic (exact) mass is 362 g/mol. The van der Waals surface area contributed by atoms with Gasteiger partial charge in [0.15, 0.2) is 0 Å². The van der Waals surface area contributed by atoms with Crippen LogP contribution in [0.15, 0.2) is 60.7 Å². The van der Waals surface area contributed by atoms with E-state index in [1.54, 1.807) is 7.11 Å². The van der Waals surface area contributed by atoms with Crippen molar-refractivity contribution in [3.63, 3.8) is 0 Å². The normalized spacial score (nSPS) is 10.5. The lowest BCUT2D eigenvalue weighted by Crippen LogP contribution is -2.24. The topological polar surface area (TPSA) is 50.3 Å². The summed E-state index contributed by atoms with van der Waals surface area (Å²) in [6, 6.07) is 20.4. The van der Waals surface area contributed by atoms with Crippen LogP contribution in [0.3, 0.4) is 0 Å². The fourth-order valence-electron chi connectivity index (χ4n) is 2.97. The second-order valence-corrected chi connectivity index (χ2v) is 6.36. The van der Waals surface area contributed by atoms with E-state index in [4.69, 9.17) is 9.72 Å². The Morgan fingerprint density at radius 1 is 1.00 bits per heavy atom. The van der Waals surface area contributed by atoms with Gasteiger partial charge < -0.3 is 15.0 Å². The first-order valence-corrected chi connectivity index (χ1v) is 9.20. The Bertz CT molecular complexity index is 867. The van der Waals surface area contributed by atoms with E-state index in [0.717, 1.165) is 35.9 Å². The van der Waals surface area contributed by atoms with Gasteiger partial charge in [-0.25, -0.2) is 4.98 Å². The molecular formula is C22H26N4O. The van der Waals surface area contributed by atoms with Gasteiger partial charge in [-0.2, -0.15) is 4.98 Å². The van der Waals surface area contributed by atoms with Gasteiger partial charge in [-0.3, -0.25) is 0 Å². The number of para-hydroxylation sites is 1. The molecule has 0 radical (unpaired) electrons. The van der Waals surface area contributed by atoms with Crippen molar-refractivity contribution in [3.8, 4) is 5.75 Å². The molecule has 0 bridgehead atoms. The number of benzene rings is 2. The standard InChI is InChI=1S/C22H26N4O/c1-4-26(16-18-10-6-5-7-11-18)21-14-17(2)24-22(25-21)23-15-19-12-8-9-13-20(19)27-3/h5-14H,4,15-16H2,1-3H3,(H,23,24,25). The van der Waals surface area contributed by atoms with Crippen LogP contribution in [-0.4, -0.2) is 23.6 Å². The van der Waals surface area contributed by atoms with Gasteiger partial charge in [-0.1, -0.05) is 48.5 Å². The van der Waals surface area contributed by atoms with Gasteiger partial charge in [0, 0.05) is 37.0 Å². The lowest BCUT2D eigenvalue weighted by molar-refractivity contribution is 0.410. The molecule has 1 aromatic heterocycles. The minimum Gasteiger partial charge on any atom is -0.496 e. The van der Waals surface area contributed by atoms with Gasteiger partial charge in [-0.05, 0) is 25.5 Å². The molecule has 0 saturated heterocycles. The number of aryl methyl sites for hydroxylation is 1. The summed E-state index contributed by atoms with van der Waals surface area (Å²) >= 11 is 0. The second-order valence-electron chi connectivity index (χ2n) is 6.36. The molecule has 0 unspecified atom stereocenters. The van der Waals surface area contributed by atoms with Crippen molar-refractivity contribution in [3.05, 3.63) is 77.5 Å². The van der Waals surface area contributed by atoms with Crippen molar-refractivity contribution < 1.29 is 4.74 Å². The molecule has 0 saturated carbocycles. The molecule has 5 nitrogen and oxygen atoms in total. The molecule has 140 valence electrons. The molecular weight excluding hydrogens is 336 g/mol. The Morgan fingerprint density at radius 3 is 2.48 bits per heavy atom. The number of anilines is 2. The summed E-state index contributed by atoms with van der Waals surface area (Å²) in [5.74, 6) is 2.41. The summed E-state index contributed by atoms with van der Waals surface area (Å²) in [6.07, 6.45) is 0. The van der Waals surface area contributed by atoms with Crippen LogP contribution in [0.2, 0.25) is 0 Å². The van der Waals surface area contributed by atoms with Gasteiger partial charge in [0.2, 0.25) is 5.95 Å². The van der Waals surface area contributed by atoms with E-state index in [9.17, 15) is 0 Å². The molecule has 0 aliphatic rings. The highest BCUT2D eigenvalue weighted by Gasteiger charge is 2.10. The van der Waals surface area contributed by atoms with Crippen molar-refractivity contribution in [2.45, 2.75) is 26.9 Å². The maximum Gasteiger partial charge on any atom is 0.225 e. The lowest BCUT2D eigenvalue weighted by atomic mass is 10.2. The Morgan fingerprint density at radius 2 is 1.74 bits per heavy atom. The Balaban J connectivity index is 1.76. The average molecular weight is 362 g/mol. The SMILES string of the molecule is CCN(Cc1ccccc1)c1cc(C)nc(NCc2ccccc2OC)n1. The minimum absolute atomic E-state index is 0.609. The molecule has 3 aromatic rings. The number of nitrogens with zero attached hydrogens (tertiary/aromatic N) is 3. The highest BCUT2D eigenvalue weighted by molar-refractivity contribution is 5.46. The van der Waals surface area contributed by atoms with Gasteiger partial charge in [0.1, 0.15) is 11.6 Å². The largest absolute Gasteiger partial charge is 0.496 e. The summed E-state index contributed by atoms with van der Waals surface area (Å²) < 4.78 is 5.41. The van der Waals surface area contributed by atoms with E-state index in [1.807, 2.05) is 43.3 Å². The maximum atomic E-state index is 5.41. The number of hydrogen-bond donors (Lipinski definition) is 1. The molecule has 2 aromatic carbocycles. The summed E-state index contributed by atoms with van der Waals surface area (Å²) in [6.45, 7) is 6.44. The lowest BCUT2D eigenvalue weighted by Gasteiger charge is -2.23. The van der Waals surface area contributed by atoms with E-state index in [0.29, 0.717) is 12.5 Å². The van der Waals surface area contributed by atoms with E-state index >= 15 is 0 Å². The minimum atomic E-state index is 0.609. The number of nitrogens with one attached hydrogen (secondary N) is 1. The van der Waals surface area contributed by atoms with Crippen molar-refractivity contribution in [1.82, 2.24) is 9.97 Å². The van der Waals surface area contributed by atoms with E-state index in [1.165, 1.54) is 5.56 Å². The predicted octanol–water partition coefficient (Wildman–Crippen LogP) is 4.43. The van der Waals surface area contributed by atoms with Crippen LogP contribution in [0.4, 0.5) is 11.8 Å². The Labute approximate surface area is 161 Å². The van der Waals surface area contributed by atoms with Gasteiger partial charge in [-0.15, -0.1) is 0 Å². The smallest absolute Gasteiger partial charge is 0.225 e. The van der Waals surface area contributed by atoms with Gasteiger partial charge >= 0.3 is 0 Å². The first-order chi connectivity index (χ1) is 13.2. The van der Waals surface area contributed by atoms with Crippen molar-refractivity contribution in [1.29, 1.82) is 0 Å². The van der Waals surface area contributed by atoms with Crippen LogP contribution in [0.1, 0.15) is 23.7 Å². The highest BCUT2D eigenvalue weighted by atomic mass is 16.5. The van der Waals surface area contributed by atoms with Crippen molar-refractivity contribution in [2.24, 2.45) is 0 Å². The number of aromatic nitrogens is 2. The molecule has 5 heteroatoms. The Hall–Kier alpha value is -3.08. The van der Waals surface area contributed by atoms with Gasteiger partial charge in [0.25, 0.3) is 0 Å². The first kappa shape index (κ1) is 18.7. The third kappa shape index (κ3) is 4.97. The number of ether oxygens (including phenoxy) is 1. The molecule has 27 heavy (non-hydrogen) atoms. The summed E-state index contributed by atoms with van der Waals surface area (Å²) in [5, 5.41) is 3.33. The zero-order valence-corrected chi connectivity index (χ0v) is 16.1. The van der Waals surface area contributed by atoms with E-state index < -0.39 is 0 Å². The number of rotatable bonds is 8. The number of methoxy groups -OCH3 is 1. The molecule has 1 heterocycles. The quantitative estimate of drug-likeness (QED) is 0.642. The van der Waals surface area contributed by atoms with Gasteiger partial charge in [0.05, 0.1) is 7.11 Å². The van der Waals surface area contributed by atoms with Crippen molar-refractivity contribution in [2.75, 3.05) is 23.9 Å². The van der Waals surface area contributed by atoms with Crippen LogP contribution in [-0.2, 0) is 13.1 Å². The summed E-state index contributed by atoms with van der Waals surface area (Å²) in [7, 11) is 1.68. The Kier molecular flexibility index (Phi) is 6.26. The fraction of sp³-hybridized carbons (Fsp3) is 0.273. The molecule has 0 spiro atoms. The second kappa shape index (κ2) is 9.03. The molecule has 0 fully saturated rings. The molecule has 0 aliphatic heterocycles. The van der Waals surface area contributed by atoms with Crippen LogP contribution in [0, 0.1) is 6.92 Å². The summed E-state index contributed by atoms with van der Waals surface area (Å²) in [5.41, 5.74) is 3.27. The predicted molar refractivity (Wildman–Crippen MR) is 110 cm³/mol. The maximum absolute atomic E-state index is 5.41. The van der Waals surface area contributed by atoms with E-state index in [-0.39, 0.29) is 0 Å². The molecule has 0 amide bonds. The highest BCUT2D eigenvalue weighted by Crippen LogP contribution is 2.20. The van der Waals surface area contributed by atoms with Crippen molar-refractivity contribution >= 4 is 11.8 Å². The third-order valence-electron chi connectivity index (χ3n) is 4.39. The van der Waals surface area contributed by atoms with Crippen LogP contribution in [0.5, 0.6) is 5.75 Å². The van der Waals surface area contributed by atoms with Crippen LogP contribution >= 0.6 is 0 Å².